The molecule has 0 saturated carbocycles. The highest BCUT2D eigenvalue weighted by Crippen LogP contribution is 2.13. The second-order valence-corrected chi connectivity index (χ2v) is 9.76. The standard InChI is InChI=1S/C21H26BrN3O4S/c1-15(2)25-30(28,29)14-18-6-4-3-5-17(18)13-24-20(26)11-12-23-21(27)16-7-9-19(22)10-8-16/h3-10,15,25H,11-14H2,1-2H3,(H,23,27)(H,24,26). The molecule has 2 amide bonds. The lowest BCUT2D eigenvalue weighted by molar-refractivity contribution is -0.121. The van der Waals surface area contributed by atoms with E-state index in [1.165, 1.54) is 0 Å². The predicted molar refractivity (Wildman–Crippen MR) is 120 cm³/mol. The Morgan fingerprint density at radius 3 is 2.23 bits per heavy atom. The molecular weight excluding hydrogens is 470 g/mol. The first kappa shape index (κ1) is 24.0. The van der Waals surface area contributed by atoms with E-state index in [2.05, 4.69) is 31.3 Å². The molecule has 2 rings (SSSR count). The molecule has 0 fully saturated rings. The van der Waals surface area contributed by atoms with Crippen molar-refractivity contribution in [3.8, 4) is 0 Å². The molecule has 0 aliphatic carbocycles. The smallest absolute Gasteiger partial charge is 0.251 e. The maximum absolute atomic E-state index is 12.2. The minimum absolute atomic E-state index is 0.123. The lowest BCUT2D eigenvalue weighted by atomic mass is 10.1. The van der Waals surface area contributed by atoms with Crippen LogP contribution in [0.15, 0.2) is 53.0 Å². The second-order valence-electron chi connectivity index (χ2n) is 7.09. The zero-order valence-electron chi connectivity index (χ0n) is 16.9. The van der Waals surface area contributed by atoms with Crippen molar-refractivity contribution >= 4 is 37.8 Å². The van der Waals surface area contributed by atoms with Crippen LogP contribution >= 0.6 is 15.9 Å². The minimum Gasteiger partial charge on any atom is -0.352 e. The highest BCUT2D eigenvalue weighted by atomic mass is 79.9. The van der Waals surface area contributed by atoms with E-state index in [1.807, 2.05) is 0 Å². The maximum atomic E-state index is 12.2. The Bertz CT molecular complexity index is 976. The highest BCUT2D eigenvalue weighted by molar-refractivity contribution is 9.10. The summed E-state index contributed by atoms with van der Waals surface area (Å²) >= 11 is 3.31. The first-order valence-electron chi connectivity index (χ1n) is 9.53. The molecule has 7 nitrogen and oxygen atoms in total. The van der Waals surface area contributed by atoms with Gasteiger partial charge in [-0.2, -0.15) is 0 Å². The maximum Gasteiger partial charge on any atom is 0.251 e. The summed E-state index contributed by atoms with van der Waals surface area (Å²) in [4.78, 5) is 24.2. The lowest BCUT2D eigenvalue weighted by Crippen LogP contribution is -2.32. The van der Waals surface area contributed by atoms with Gasteiger partial charge in [0, 0.05) is 35.6 Å². The number of halogens is 1. The van der Waals surface area contributed by atoms with Crippen LogP contribution in [0.5, 0.6) is 0 Å². The zero-order chi connectivity index (χ0) is 22.1. The van der Waals surface area contributed by atoms with Crippen LogP contribution < -0.4 is 15.4 Å². The summed E-state index contributed by atoms with van der Waals surface area (Å²) in [6.45, 7) is 3.94. The molecule has 0 radical (unpaired) electrons. The summed E-state index contributed by atoms with van der Waals surface area (Å²) in [5.74, 6) is -0.631. The number of carbonyl (C=O) groups excluding carboxylic acids is 2. The molecule has 3 N–H and O–H groups in total. The number of nitrogens with one attached hydrogen (secondary N) is 3. The highest BCUT2D eigenvalue weighted by Gasteiger charge is 2.15. The summed E-state index contributed by atoms with van der Waals surface area (Å²) < 4.78 is 27.8. The molecular formula is C21H26BrN3O4S. The molecule has 0 bridgehead atoms. The molecule has 30 heavy (non-hydrogen) atoms. The summed E-state index contributed by atoms with van der Waals surface area (Å²) in [6, 6.07) is 13.8. The van der Waals surface area contributed by atoms with Gasteiger partial charge in [-0.1, -0.05) is 40.2 Å². The van der Waals surface area contributed by atoms with E-state index >= 15 is 0 Å². The van der Waals surface area contributed by atoms with Gasteiger partial charge in [0.2, 0.25) is 15.9 Å². The van der Waals surface area contributed by atoms with Gasteiger partial charge in [0.15, 0.2) is 0 Å². The Balaban J connectivity index is 1.83. The molecule has 0 aliphatic rings. The number of benzene rings is 2. The molecule has 2 aromatic carbocycles. The fourth-order valence-electron chi connectivity index (χ4n) is 2.75. The lowest BCUT2D eigenvalue weighted by Gasteiger charge is -2.13. The molecule has 0 spiro atoms. The Kier molecular flexibility index (Phi) is 9.01. The van der Waals surface area contributed by atoms with E-state index in [1.54, 1.807) is 62.4 Å². The van der Waals surface area contributed by atoms with Crippen LogP contribution in [-0.4, -0.2) is 32.8 Å². The summed E-state index contributed by atoms with van der Waals surface area (Å²) in [6.07, 6.45) is 0.123. The van der Waals surface area contributed by atoms with Crippen molar-refractivity contribution in [3.05, 3.63) is 69.7 Å². The summed E-state index contributed by atoms with van der Waals surface area (Å²) in [7, 11) is -3.46. The van der Waals surface area contributed by atoms with Gasteiger partial charge in [0.1, 0.15) is 0 Å². The van der Waals surface area contributed by atoms with Gasteiger partial charge < -0.3 is 10.6 Å². The third kappa shape index (κ3) is 8.25. The fraction of sp³-hybridized carbons (Fsp3) is 0.333. The van der Waals surface area contributed by atoms with Gasteiger partial charge in [-0.05, 0) is 49.2 Å². The van der Waals surface area contributed by atoms with Crippen LogP contribution in [0.3, 0.4) is 0 Å². The van der Waals surface area contributed by atoms with E-state index in [0.29, 0.717) is 11.1 Å². The van der Waals surface area contributed by atoms with Gasteiger partial charge in [-0.25, -0.2) is 13.1 Å². The fourth-order valence-corrected chi connectivity index (χ4v) is 4.51. The molecule has 2 aromatic rings. The minimum atomic E-state index is -3.46. The number of sulfonamides is 1. The van der Waals surface area contributed by atoms with Crippen LogP contribution in [-0.2, 0) is 27.1 Å². The summed E-state index contributed by atoms with van der Waals surface area (Å²) in [5, 5.41) is 5.48. The van der Waals surface area contributed by atoms with Crippen molar-refractivity contribution in [2.45, 2.75) is 38.6 Å². The van der Waals surface area contributed by atoms with Gasteiger partial charge in [-0.3, -0.25) is 9.59 Å². The third-order valence-electron chi connectivity index (χ3n) is 4.10. The van der Waals surface area contributed by atoms with Crippen molar-refractivity contribution in [1.82, 2.24) is 15.4 Å². The Labute approximate surface area is 185 Å². The van der Waals surface area contributed by atoms with Crippen molar-refractivity contribution < 1.29 is 18.0 Å². The van der Waals surface area contributed by atoms with Crippen LogP contribution in [0.4, 0.5) is 0 Å². The van der Waals surface area contributed by atoms with Crippen LogP contribution in [0.2, 0.25) is 0 Å². The molecule has 9 heteroatoms. The van der Waals surface area contributed by atoms with Crippen molar-refractivity contribution in [2.24, 2.45) is 0 Å². The van der Waals surface area contributed by atoms with Crippen molar-refractivity contribution in [2.75, 3.05) is 6.54 Å². The monoisotopic (exact) mass is 495 g/mol. The van der Waals surface area contributed by atoms with E-state index in [4.69, 9.17) is 0 Å². The number of carbonyl (C=O) groups is 2. The average molecular weight is 496 g/mol. The first-order chi connectivity index (χ1) is 14.2. The Hall–Kier alpha value is -2.23. The molecule has 0 heterocycles. The molecule has 0 saturated heterocycles. The SMILES string of the molecule is CC(C)NS(=O)(=O)Cc1ccccc1CNC(=O)CCNC(=O)c1ccc(Br)cc1. The largest absolute Gasteiger partial charge is 0.352 e. The number of rotatable bonds is 10. The van der Waals surface area contributed by atoms with Crippen molar-refractivity contribution in [1.29, 1.82) is 0 Å². The van der Waals surface area contributed by atoms with Gasteiger partial charge in [-0.15, -0.1) is 0 Å². The Morgan fingerprint density at radius 2 is 1.60 bits per heavy atom. The average Bonchev–Trinajstić information content (AvgIpc) is 2.66. The van der Waals surface area contributed by atoms with E-state index in [0.717, 1.165) is 10.0 Å². The van der Waals surface area contributed by atoms with Gasteiger partial charge >= 0.3 is 0 Å². The van der Waals surface area contributed by atoms with Crippen LogP contribution in [0.1, 0.15) is 41.8 Å². The van der Waals surface area contributed by atoms with Gasteiger partial charge in [0.25, 0.3) is 5.91 Å². The number of amides is 2. The quantitative estimate of drug-likeness (QED) is 0.471. The molecule has 162 valence electrons. The summed E-state index contributed by atoms with van der Waals surface area (Å²) in [5.41, 5.74) is 1.89. The molecule has 0 unspecified atom stereocenters. The van der Waals surface area contributed by atoms with Crippen molar-refractivity contribution in [3.63, 3.8) is 0 Å². The number of hydrogen-bond acceptors (Lipinski definition) is 4. The molecule has 0 atom stereocenters. The van der Waals surface area contributed by atoms with Crippen LogP contribution in [0, 0.1) is 0 Å². The number of hydrogen-bond donors (Lipinski definition) is 3. The van der Waals surface area contributed by atoms with E-state index in [-0.39, 0.29) is 43.1 Å². The first-order valence-corrected chi connectivity index (χ1v) is 12.0. The molecule has 0 aromatic heterocycles. The predicted octanol–water partition coefficient (Wildman–Crippen LogP) is 2.71. The topological polar surface area (TPSA) is 104 Å². The Morgan fingerprint density at radius 1 is 0.967 bits per heavy atom. The zero-order valence-corrected chi connectivity index (χ0v) is 19.3. The van der Waals surface area contributed by atoms with E-state index in [9.17, 15) is 18.0 Å². The van der Waals surface area contributed by atoms with Crippen LogP contribution in [0.25, 0.3) is 0 Å². The second kappa shape index (κ2) is 11.2. The third-order valence-corrected chi connectivity index (χ3v) is 6.15. The molecule has 0 aliphatic heterocycles. The normalized spacial score (nSPS) is 11.3. The van der Waals surface area contributed by atoms with Gasteiger partial charge in [0.05, 0.1) is 5.75 Å². The van der Waals surface area contributed by atoms with E-state index < -0.39 is 10.0 Å².